The molecular formula is C38H60B2ClN7O7. The molecule has 6 aliphatic heterocycles. The summed E-state index contributed by atoms with van der Waals surface area (Å²) in [4.78, 5) is 33.7. The SMILES string of the molecule is CB(O)N1CCC(Oc2ccc(N3CCN(B(C)O)CC3)c3c2C(=O)NC3)CC1.CO.Cl.O=C1NCc2c(N3CCCCC3)ccc(OC3CCNCC3)c21. The zero-order chi connectivity index (χ0) is 38.2. The van der Waals surface area contributed by atoms with Crippen molar-refractivity contribution in [1.82, 2.24) is 25.6 Å². The zero-order valence-electron chi connectivity index (χ0n) is 32.7. The van der Waals surface area contributed by atoms with E-state index in [1.165, 1.54) is 24.9 Å². The molecule has 6 aliphatic rings. The summed E-state index contributed by atoms with van der Waals surface area (Å²) in [5.41, 5.74) is 5.88. The van der Waals surface area contributed by atoms with Gasteiger partial charge in [-0.3, -0.25) is 9.59 Å². The van der Waals surface area contributed by atoms with Crippen LogP contribution in [0.25, 0.3) is 0 Å². The first-order valence-electron chi connectivity index (χ1n) is 20.0. The lowest BCUT2D eigenvalue weighted by atomic mass is 9.82. The second-order valence-corrected chi connectivity index (χ2v) is 15.0. The number of anilines is 2. The lowest BCUT2D eigenvalue weighted by molar-refractivity contribution is 0.0943. The van der Waals surface area contributed by atoms with Gasteiger partial charge in [0.15, 0.2) is 0 Å². The van der Waals surface area contributed by atoms with Crippen molar-refractivity contribution in [1.29, 1.82) is 0 Å². The maximum atomic E-state index is 12.6. The minimum atomic E-state index is -0.431. The molecule has 6 N–H and O–H groups in total. The van der Waals surface area contributed by atoms with Crippen LogP contribution in [0.5, 0.6) is 11.5 Å². The molecule has 0 spiro atoms. The van der Waals surface area contributed by atoms with Crippen molar-refractivity contribution in [2.75, 3.05) is 82.4 Å². The molecule has 0 atom stereocenters. The molecule has 6 heterocycles. The van der Waals surface area contributed by atoms with Crippen LogP contribution in [-0.2, 0) is 13.1 Å². The van der Waals surface area contributed by atoms with Crippen LogP contribution < -0.4 is 35.2 Å². The molecule has 0 unspecified atom stereocenters. The molecule has 8 rings (SSSR count). The van der Waals surface area contributed by atoms with Gasteiger partial charge in [0.25, 0.3) is 11.8 Å². The van der Waals surface area contributed by atoms with E-state index in [-0.39, 0.29) is 36.4 Å². The van der Waals surface area contributed by atoms with Crippen LogP contribution in [-0.4, -0.2) is 135 Å². The molecule has 14 nitrogen and oxygen atoms in total. The quantitative estimate of drug-likeness (QED) is 0.217. The molecule has 55 heavy (non-hydrogen) atoms. The minimum Gasteiger partial charge on any atom is -0.489 e. The summed E-state index contributed by atoms with van der Waals surface area (Å²) in [7, 11) is 0.140. The van der Waals surface area contributed by atoms with Gasteiger partial charge >= 0.3 is 14.1 Å². The number of hydrogen-bond donors (Lipinski definition) is 6. The van der Waals surface area contributed by atoms with Crippen LogP contribution in [0.2, 0.25) is 13.6 Å². The van der Waals surface area contributed by atoms with E-state index in [4.69, 9.17) is 14.6 Å². The van der Waals surface area contributed by atoms with E-state index >= 15 is 0 Å². The first kappa shape index (κ1) is 42.9. The summed E-state index contributed by atoms with van der Waals surface area (Å²) in [6.07, 6.45) is 7.75. The molecule has 0 aromatic heterocycles. The lowest BCUT2D eigenvalue weighted by Gasteiger charge is -2.37. The van der Waals surface area contributed by atoms with Crippen molar-refractivity contribution in [3.05, 3.63) is 46.5 Å². The van der Waals surface area contributed by atoms with Crippen molar-refractivity contribution in [2.24, 2.45) is 0 Å². The zero-order valence-corrected chi connectivity index (χ0v) is 33.5. The standard InChI is InChI=1S/C19H30B2N4O4.C18H25N3O2.CH4O.ClH/c1-20(27)24-7-5-14(6-8-24)29-17-4-3-16(15-13-22-19(26)18(15)17)23-9-11-25(12-10-23)21(2)28;22-18-17-14(12-20-18)15(21-10-2-1-3-11-21)4-5-16(17)23-13-6-8-19-9-7-13;1-2;/h3-4,14,27-28H,5-13H2,1-2H3,(H,22,26);4-5,13,19H,1-3,6-12H2,(H,20,22);2H,1H3;1H. The number of nitrogens with one attached hydrogen (secondary N) is 3. The van der Waals surface area contributed by atoms with Gasteiger partial charge in [0.2, 0.25) is 0 Å². The highest BCUT2D eigenvalue weighted by Crippen LogP contribution is 2.38. The van der Waals surface area contributed by atoms with Gasteiger partial charge in [-0.1, -0.05) is 0 Å². The summed E-state index contributed by atoms with van der Waals surface area (Å²) < 4.78 is 12.5. The third-order valence-corrected chi connectivity index (χ3v) is 11.6. The predicted molar refractivity (Wildman–Crippen MR) is 220 cm³/mol. The Kier molecular flexibility index (Phi) is 15.8. The second kappa shape index (κ2) is 20.3. The monoisotopic (exact) mass is 783 g/mol. The van der Waals surface area contributed by atoms with E-state index in [0.29, 0.717) is 24.4 Å². The van der Waals surface area contributed by atoms with Crippen molar-refractivity contribution in [2.45, 2.75) is 83.9 Å². The normalized spacial score (nSPS) is 20.4. The highest BCUT2D eigenvalue weighted by Gasteiger charge is 2.33. The molecular weight excluding hydrogens is 724 g/mol. The molecule has 4 saturated heterocycles. The topological polar surface area (TPSA) is 162 Å². The molecule has 0 aliphatic carbocycles. The molecule has 2 aromatic carbocycles. The van der Waals surface area contributed by atoms with Gasteiger partial charge in [0.05, 0.1) is 11.1 Å². The number of hydrogen-bond acceptors (Lipinski definition) is 12. The fourth-order valence-electron chi connectivity index (χ4n) is 8.50. The molecule has 0 radical (unpaired) electrons. The lowest BCUT2D eigenvalue weighted by Crippen LogP contribution is -2.51. The maximum Gasteiger partial charge on any atom is 0.376 e. The molecule has 2 amide bonds. The molecule has 0 bridgehead atoms. The van der Waals surface area contributed by atoms with Gasteiger partial charge in [-0.15, -0.1) is 12.4 Å². The Morgan fingerprint density at radius 3 is 1.53 bits per heavy atom. The van der Waals surface area contributed by atoms with Crippen LogP contribution in [0.1, 0.15) is 76.8 Å². The highest BCUT2D eigenvalue weighted by atomic mass is 35.5. The molecule has 0 saturated carbocycles. The van der Waals surface area contributed by atoms with E-state index < -0.39 is 14.1 Å². The summed E-state index contributed by atoms with van der Waals surface area (Å²) in [5.74, 6) is 1.38. The van der Waals surface area contributed by atoms with Crippen LogP contribution in [0.15, 0.2) is 24.3 Å². The number of carbonyl (C=O) groups excluding carboxylic acids is 2. The average molecular weight is 784 g/mol. The Balaban J connectivity index is 0.000000203. The fourth-order valence-corrected chi connectivity index (χ4v) is 8.50. The van der Waals surface area contributed by atoms with Crippen LogP contribution >= 0.6 is 12.4 Å². The third-order valence-electron chi connectivity index (χ3n) is 11.6. The van der Waals surface area contributed by atoms with Crippen LogP contribution in [0, 0.1) is 0 Å². The fraction of sp³-hybridized carbons (Fsp3) is 0.632. The highest BCUT2D eigenvalue weighted by molar-refractivity contribution is 6.45. The average Bonchev–Trinajstić information content (AvgIpc) is 3.80. The smallest absolute Gasteiger partial charge is 0.376 e. The van der Waals surface area contributed by atoms with E-state index in [2.05, 4.69) is 42.7 Å². The predicted octanol–water partition coefficient (Wildman–Crippen LogP) is 2.20. The number of halogens is 1. The van der Waals surface area contributed by atoms with Gasteiger partial charge in [-0.25, -0.2) is 0 Å². The van der Waals surface area contributed by atoms with E-state index in [1.807, 2.05) is 16.9 Å². The molecule has 4 fully saturated rings. The number of piperidine rings is 3. The summed E-state index contributed by atoms with van der Waals surface area (Å²) in [6.45, 7) is 13.7. The van der Waals surface area contributed by atoms with Gasteiger partial charge in [-0.2, -0.15) is 0 Å². The van der Waals surface area contributed by atoms with Crippen molar-refractivity contribution >= 4 is 49.7 Å². The van der Waals surface area contributed by atoms with Crippen molar-refractivity contribution in [3.63, 3.8) is 0 Å². The molecule has 17 heteroatoms. The first-order chi connectivity index (χ1) is 26.3. The number of aliphatic hydroxyl groups excluding tert-OH is 1. The first-order valence-corrected chi connectivity index (χ1v) is 20.0. The van der Waals surface area contributed by atoms with Gasteiger partial charge in [-0.05, 0) is 109 Å². The number of rotatable bonds is 8. The third kappa shape index (κ3) is 10.2. The van der Waals surface area contributed by atoms with Gasteiger partial charge in [0, 0.05) is 82.0 Å². The number of piperazine rings is 1. The van der Waals surface area contributed by atoms with Crippen molar-refractivity contribution < 1.29 is 34.2 Å². The molecule has 302 valence electrons. The van der Waals surface area contributed by atoms with Gasteiger partial charge < -0.3 is 60.0 Å². The Bertz CT molecular complexity index is 1580. The Labute approximate surface area is 332 Å². The number of aliphatic hydroxyl groups is 1. The van der Waals surface area contributed by atoms with E-state index in [9.17, 15) is 19.6 Å². The Morgan fingerprint density at radius 1 is 0.618 bits per heavy atom. The number of benzene rings is 2. The number of fused-ring (bicyclic) bond motifs is 2. The maximum absolute atomic E-state index is 12.6. The van der Waals surface area contributed by atoms with E-state index in [0.717, 1.165) is 126 Å². The Morgan fingerprint density at radius 2 is 1.05 bits per heavy atom. The Hall–Kier alpha value is -3.24. The van der Waals surface area contributed by atoms with Gasteiger partial charge in [0.1, 0.15) is 23.7 Å². The largest absolute Gasteiger partial charge is 0.489 e. The van der Waals surface area contributed by atoms with Crippen molar-refractivity contribution in [3.8, 4) is 11.5 Å². The second-order valence-electron chi connectivity index (χ2n) is 15.0. The number of carbonyl (C=O) groups is 2. The number of ether oxygens (including phenoxy) is 2. The summed E-state index contributed by atoms with van der Waals surface area (Å²) in [6, 6.07) is 8.16. The molecule has 2 aromatic rings. The summed E-state index contributed by atoms with van der Waals surface area (Å²) in [5, 5.41) is 35.8. The van der Waals surface area contributed by atoms with Crippen LogP contribution in [0.3, 0.4) is 0 Å². The minimum absolute atomic E-state index is 0. The number of nitrogens with zero attached hydrogens (tertiary/aromatic N) is 4. The van der Waals surface area contributed by atoms with E-state index in [1.54, 1.807) is 13.6 Å². The summed E-state index contributed by atoms with van der Waals surface area (Å²) >= 11 is 0. The van der Waals surface area contributed by atoms with Crippen LogP contribution in [0.4, 0.5) is 11.4 Å². The number of amides is 2.